The summed E-state index contributed by atoms with van der Waals surface area (Å²) >= 11 is 3.35. The second-order valence-corrected chi connectivity index (χ2v) is 6.58. The molecule has 0 aliphatic rings. The molecule has 126 valence electrons. The van der Waals surface area contributed by atoms with Crippen LogP contribution in [0.4, 0.5) is 5.69 Å². The maximum absolute atomic E-state index is 12.4. The highest BCUT2D eigenvalue weighted by Gasteiger charge is 2.10. The van der Waals surface area contributed by atoms with Gasteiger partial charge in [-0.05, 0) is 42.8 Å². The van der Waals surface area contributed by atoms with Crippen molar-refractivity contribution in [2.75, 3.05) is 5.32 Å². The molecule has 25 heavy (non-hydrogen) atoms. The molecule has 0 saturated heterocycles. The van der Waals surface area contributed by atoms with Crippen molar-refractivity contribution < 1.29 is 4.79 Å². The van der Waals surface area contributed by atoms with E-state index in [0.717, 1.165) is 15.6 Å². The second-order valence-electron chi connectivity index (χ2n) is 5.66. The molecule has 1 amide bonds. The van der Waals surface area contributed by atoms with Crippen molar-refractivity contribution in [1.29, 1.82) is 0 Å². The Balaban J connectivity index is 1.80. The van der Waals surface area contributed by atoms with Gasteiger partial charge < -0.3 is 5.32 Å². The number of rotatable bonds is 4. The molecule has 3 aromatic rings. The van der Waals surface area contributed by atoms with E-state index in [1.165, 1.54) is 16.8 Å². The van der Waals surface area contributed by atoms with Crippen molar-refractivity contribution in [3.8, 4) is 0 Å². The number of anilines is 1. The Hall–Kier alpha value is -2.73. The maximum atomic E-state index is 12.4. The van der Waals surface area contributed by atoms with E-state index in [0.29, 0.717) is 12.2 Å². The van der Waals surface area contributed by atoms with Crippen molar-refractivity contribution >= 4 is 27.5 Å². The first-order valence-corrected chi connectivity index (χ1v) is 8.51. The summed E-state index contributed by atoms with van der Waals surface area (Å²) in [5.74, 6) is -0.361. The summed E-state index contributed by atoms with van der Waals surface area (Å²) in [5.41, 5.74) is 2.69. The summed E-state index contributed by atoms with van der Waals surface area (Å²) in [5, 5.41) is 6.95. The summed E-state index contributed by atoms with van der Waals surface area (Å²) in [6.45, 7) is 2.32. The zero-order valence-corrected chi connectivity index (χ0v) is 15.2. The van der Waals surface area contributed by atoms with Crippen LogP contribution in [0.3, 0.4) is 0 Å². The summed E-state index contributed by atoms with van der Waals surface area (Å²) in [4.78, 5) is 24.4. The van der Waals surface area contributed by atoms with E-state index in [9.17, 15) is 9.59 Å². The molecule has 0 bridgehead atoms. The molecule has 3 rings (SSSR count). The number of aryl methyl sites for hydroxylation is 1. The number of benzene rings is 2. The first-order chi connectivity index (χ1) is 12.0. The molecule has 0 saturated carbocycles. The lowest BCUT2D eigenvalue weighted by Gasteiger charge is -2.08. The highest BCUT2D eigenvalue weighted by molar-refractivity contribution is 9.10. The van der Waals surface area contributed by atoms with Crippen LogP contribution in [0.25, 0.3) is 0 Å². The van der Waals surface area contributed by atoms with E-state index in [4.69, 9.17) is 0 Å². The Labute approximate surface area is 153 Å². The van der Waals surface area contributed by atoms with E-state index in [1.807, 2.05) is 43.3 Å². The molecule has 0 aliphatic heterocycles. The van der Waals surface area contributed by atoms with E-state index >= 15 is 0 Å². The van der Waals surface area contributed by atoms with E-state index in [2.05, 4.69) is 26.3 Å². The Morgan fingerprint density at radius 3 is 2.40 bits per heavy atom. The van der Waals surface area contributed by atoms with Crippen LogP contribution in [0.1, 0.15) is 21.6 Å². The molecule has 0 radical (unpaired) electrons. The second kappa shape index (κ2) is 7.44. The van der Waals surface area contributed by atoms with Crippen LogP contribution >= 0.6 is 15.9 Å². The third-order valence-corrected chi connectivity index (χ3v) is 4.18. The molecule has 1 aromatic heterocycles. The summed E-state index contributed by atoms with van der Waals surface area (Å²) in [6.07, 6.45) is 0. The number of aromatic nitrogens is 2. The Morgan fingerprint density at radius 2 is 1.72 bits per heavy atom. The number of carbonyl (C=O) groups is 1. The highest BCUT2D eigenvalue weighted by atomic mass is 79.9. The molecule has 1 heterocycles. The van der Waals surface area contributed by atoms with E-state index < -0.39 is 0 Å². The molecule has 1 N–H and O–H groups in total. The number of nitrogens with one attached hydrogen (secondary N) is 1. The van der Waals surface area contributed by atoms with Gasteiger partial charge in [-0.15, -0.1) is 0 Å². The molecule has 0 aliphatic carbocycles. The number of nitrogens with zero attached hydrogens (tertiary/aromatic N) is 2. The van der Waals surface area contributed by atoms with Gasteiger partial charge in [0.2, 0.25) is 0 Å². The number of carbonyl (C=O) groups excluding carboxylic acids is 1. The van der Waals surface area contributed by atoms with Gasteiger partial charge in [0.05, 0.1) is 6.54 Å². The topological polar surface area (TPSA) is 64.0 Å². The predicted molar refractivity (Wildman–Crippen MR) is 101 cm³/mol. The van der Waals surface area contributed by atoms with E-state index in [1.54, 1.807) is 12.1 Å². The van der Waals surface area contributed by atoms with Gasteiger partial charge in [0.1, 0.15) is 5.69 Å². The normalized spacial score (nSPS) is 10.5. The predicted octanol–water partition coefficient (Wildman–Crippen LogP) is 3.61. The molecule has 2 aromatic carbocycles. The SMILES string of the molecule is Cc1ccc(Cn2nc(C(=O)Nc3ccc(Br)cc3)ccc2=O)cc1. The minimum absolute atomic E-state index is 0.189. The smallest absolute Gasteiger partial charge is 0.276 e. The van der Waals surface area contributed by atoms with Crippen LogP contribution in [0.2, 0.25) is 0 Å². The zero-order valence-electron chi connectivity index (χ0n) is 13.6. The highest BCUT2D eigenvalue weighted by Crippen LogP contribution is 2.14. The standard InChI is InChI=1S/C19H16BrN3O2/c1-13-2-4-14(5-3-13)12-23-18(24)11-10-17(22-23)19(25)21-16-8-6-15(20)7-9-16/h2-11H,12H2,1H3,(H,21,25). The van der Waals surface area contributed by atoms with Gasteiger partial charge in [0, 0.05) is 16.2 Å². The lowest BCUT2D eigenvalue weighted by atomic mass is 10.1. The van der Waals surface area contributed by atoms with Gasteiger partial charge in [-0.2, -0.15) is 5.10 Å². The molecule has 6 heteroatoms. The zero-order chi connectivity index (χ0) is 17.8. The lowest BCUT2D eigenvalue weighted by Crippen LogP contribution is -2.26. The monoisotopic (exact) mass is 397 g/mol. The fourth-order valence-corrected chi connectivity index (χ4v) is 2.54. The Morgan fingerprint density at radius 1 is 1.04 bits per heavy atom. The molecule has 0 atom stereocenters. The van der Waals surface area contributed by atoms with Crippen LogP contribution in [-0.2, 0) is 6.54 Å². The number of halogens is 1. The first-order valence-electron chi connectivity index (χ1n) is 7.72. The maximum Gasteiger partial charge on any atom is 0.276 e. The van der Waals surface area contributed by atoms with Gasteiger partial charge in [-0.1, -0.05) is 45.8 Å². The third kappa shape index (κ3) is 4.42. The number of hydrogen-bond donors (Lipinski definition) is 1. The fourth-order valence-electron chi connectivity index (χ4n) is 2.28. The van der Waals surface area contributed by atoms with Crippen molar-refractivity contribution in [2.24, 2.45) is 0 Å². The third-order valence-electron chi connectivity index (χ3n) is 3.65. The minimum atomic E-state index is -0.361. The van der Waals surface area contributed by atoms with Crippen molar-refractivity contribution in [3.63, 3.8) is 0 Å². The van der Waals surface area contributed by atoms with Crippen LogP contribution in [0.15, 0.2) is 69.9 Å². The van der Waals surface area contributed by atoms with Gasteiger partial charge in [-0.25, -0.2) is 4.68 Å². The van der Waals surface area contributed by atoms with Gasteiger partial charge in [0.15, 0.2) is 0 Å². The molecule has 0 spiro atoms. The first kappa shape index (κ1) is 17.1. The van der Waals surface area contributed by atoms with Crippen LogP contribution in [-0.4, -0.2) is 15.7 Å². The van der Waals surface area contributed by atoms with E-state index in [-0.39, 0.29) is 17.2 Å². The quantitative estimate of drug-likeness (QED) is 0.730. The van der Waals surface area contributed by atoms with Crippen molar-refractivity contribution in [3.05, 3.63) is 92.3 Å². The van der Waals surface area contributed by atoms with Crippen LogP contribution in [0.5, 0.6) is 0 Å². The average molecular weight is 398 g/mol. The lowest BCUT2D eigenvalue weighted by molar-refractivity contribution is 0.102. The largest absolute Gasteiger partial charge is 0.321 e. The Kier molecular flexibility index (Phi) is 5.09. The van der Waals surface area contributed by atoms with Crippen molar-refractivity contribution in [1.82, 2.24) is 9.78 Å². The summed E-state index contributed by atoms with van der Waals surface area (Å²) < 4.78 is 2.22. The molecule has 0 fully saturated rings. The summed E-state index contributed by atoms with van der Waals surface area (Å²) in [7, 11) is 0. The van der Waals surface area contributed by atoms with Crippen LogP contribution in [0, 0.1) is 6.92 Å². The van der Waals surface area contributed by atoms with Gasteiger partial charge in [0.25, 0.3) is 11.5 Å². The summed E-state index contributed by atoms with van der Waals surface area (Å²) in [6, 6.07) is 17.9. The average Bonchev–Trinajstić information content (AvgIpc) is 2.60. The van der Waals surface area contributed by atoms with Crippen LogP contribution < -0.4 is 10.9 Å². The molecular weight excluding hydrogens is 382 g/mol. The van der Waals surface area contributed by atoms with Gasteiger partial charge >= 0.3 is 0 Å². The molecule has 5 nitrogen and oxygen atoms in total. The molecular formula is C19H16BrN3O2. The molecule has 0 unspecified atom stereocenters. The minimum Gasteiger partial charge on any atom is -0.321 e. The fraction of sp³-hybridized carbons (Fsp3) is 0.105. The Bertz CT molecular complexity index is 948. The number of amides is 1. The van der Waals surface area contributed by atoms with Crippen molar-refractivity contribution in [2.45, 2.75) is 13.5 Å². The number of hydrogen-bond acceptors (Lipinski definition) is 3. The van der Waals surface area contributed by atoms with Gasteiger partial charge in [-0.3, -0.25) is 9.59 Å².